The van der Waals surface area contributed by atoms with E-state index in [1.165, 1.54) is 0 Å². The summed E-state index contributed by atoms with van der Waals surface area (Å²) in [7, 11) is 1.65. The highest BCUT2D eigenvalue weighted by atomic mass is 16.5. The molecule has 0 amide bonds. The predicted octanol–water partition coefficient (Wildman–Crippen LogP) is 3.21. The van der Waals surface area contributed by atoms with E-state index in [1.807, 2.05) is 49.5 Å². The molecule has 0 aliphatic rings. The Kier molecular flexibility index (Phi) is 3.44. The molecule has 0 atom stereocenters. The van der Waals surface area contributed by atoms with Crippen molar-refractivity contribution in [2.75, 3.05) is 7.11 Å². The van der Waals surface area contributed by atoms with Gasteiger partial charge in [-0.15, -0.1) is 0 Å². The number of aldehydes is 1. The molecule has 4 nitrogen and oxygen atoms in total. The summed E-state index contributed by atoms with van der Waals surface area (Å²) in [5.74, 6) is 0.808. The SMILES string of the molecule is COc1cc(C)nc(Cn2ccc3ccc(C=O)cc32)c1. The zero-order valence-corrected chi connectivity index (χ0v) is 12.0. The minimum atomic E-state index is 0.643. The fourth-order valence-electron chi connectivity index (χ4n) is 2.49. The topological polar surface area (TPSA) is 44.1 Å². The molecule has 21 heavy (non-hydrogen) atoms. The molecule has 0 fully saturated rings. The molecule has 3 rings (SSSR count). The maximum atomic E-state index is 10.9. The number of hydrogen-bond acceptors (Lipinski definition) is 3. The van der Waals surface area contributed by atoms with E-state index in [0.29, 0.717) is 12.1 Å². The van der Waals surface area contributed by atoms with Crippen LogP contribution in [0.5, 0.6) is 5.75 Å². The molecule has 0 aliphatic carbocycles. The summed E-state index contributed by atoms with van der Waals surface area (Å²) in [5.41, 5.74) is 3.56. The van der Waals surface area contributed by atoms with Gasteiger partial charge in [0, 0.05) is 35.1 Å². The molecule has 2 aromatic heterocycles. The van der Waals surface area contributed by atoms with Crippen molar-refractivity contribution in [3.63, 3.8) is 0 Å². The van der Waals surface area contributed by atoms with Crippen LogP contribution < -0.4 is 4.74 Å². The number of hydrogen-bond donors (Lipinski definition) is 0. The molecule has 2 heterocycles. The van der Waals surface area contributed by atoms with Gasteiger partial charge < -0.3 is 9.30 Å². The minimum absolute atomic E-state index is 0.643. The smallest absolute Gasteiger partial charge is 0.150 e. The second kappa shape index (κ2) is 5.40. The minimum Gasteiger partial charge on any atom is -0.497 e. The lowest BCUT2D eigenvalue weighted by atomic mass is 10.2. The molecule has 0 aliphatic heterocycles. The van der Waals surface area contributed by atoms with E-state index >= 15 is 0 Å². The van der Waals surface area contributed by atoms with Gasteiger partial charge in [0.1, 0.15) is 12.0 Å². The Morgan fingerprint density at radius 2 is 2.10 bits per heavy atom. The number of methoxy groups -OCH3 is 1. The van der Waals surface area contributed by atoms with Crippen LogP contribution in [0.1, 0.15) is 21.7 Å². The maximum Gasteiger partial charge on any atom is 0.150 e. The zero-order valence-electron chi connectivity index (χ0n) is 12.0. The number of benzene rings is 1. The van der Waals surface area contributed by atoms with E-state index in [-0.39, 0.29) is 0 Å². The van der Waals surface area contributed by atoms with Crippen molar-refractivity contribution in [2.45, 2.75) is 13.5 Å². The first-order valence-electron chi connectivity index (χ1n) is 6.75. The second-order valence-corrected chi connectivity index (χ2v) is 5.02. The number of aromatic nitrogens is 2. The predicted molar refractivity (Wildman–Crippen MR) is 82.0 cm³/mol. The van der Waals surface area contributed by atoms with Gasteiger partial charge in [-0.3, -0.25) is 9.78 Å². The fraction of sp³-hybridized carbons (Fsp3) is 0.176. The average molecular weight is 280 g/mol. The quantitative estimate of drug-likeness (QED) is 0.689. The first-order valence-corrected chi connectivity index (χ1v) is 6.75. The largest absolute Gasteiger partial charge is 0.497 e. The van der Waals surface area contributed by atoms with Gasteiger partial charge in [-0.05, 0) is 24.4 Å². The molecule has 4 heteroatoms. The van der Waals surface area contributed by atoms with E-state index in [1.54, 1.807) is 7.11 Å². The number of ether oxygens (including phenoxy) is 1. The zero-order chi connectivity index (χ0) is 14.8. The van der Waals surface area contributed by atoms with E-state index in [4.69, 9.17) is 4.74 Å². The number of carbonyl (C=O) groups is 1. The highest BCUT2D eigenvalue weighted by Crippen LogP contribution is 2.20. The van der Waals surface area contributed by atoms with Gasteiger partial charge in [0.2, 0.25) is 0 Å². The maximum absolute atomic E-state index is 10.9. The summed E-state index contributed by atoms with van der Waals surface area (Å²) in [5, 5.41) is 1.11. The normalized spacial score (nSPS) is 10.8. The van der Waals surface area contributed by atoms with Crippen LogP contribution in [0.25, 0.3) is 10.9 Å². The van der Waals surface area contributed by atoms with Gasteiger partial charge >= 0.3 is 0 Å². The van der Waals surface area contributed by atoms with Crippen LogP contribution in [-0.4, -0.2) is 22.9 Å². The Labute approximate surface area is 123 Å². The molecular weight excluding hydrogens is 264 g/mol. The van der Waals surface area contributed by atoms with Crippen molar-refractivity contribution < 1.29 is 9.53 Å². The van der Waals surface area contributed by atoms with E-state index in [9.17, 15) is 4.79 Å². The van der Waals surface area contributed by atoms with Gasteiger partial charge in [0.05, 0.1) is 19.3 Å². The third kappa shape index (κ3) is 2.65. The van der Waals surface area contributed by atoms with Crippen LogP contribution >= 0.6 is 0 Å². The van der Waals surface area contributed by atoms with E-state index < -0.39 is 0 Å². The molecule has 0 bridgehead atoms. The molecule has 0 N–H and O–H groups in total. The van der Waals surface area contributed by atoms with Crippen molar-refractivity contribution >= 4 is 17.2 Å². The van der Waals surface area contributed by atoms with Crippen molar-refractivity contribution in [1.29, 1.82) is 0 Å². The van der Waals surface area contributed by atoms with Gasteiger partial charge in [0.25, 0.3) is 0 Å². The van der Waals surface area contributed by atoms with Crippen LogP contribution in [0.15, 0.2) is 42.6 Å². The number of carbonyl (C=O) groups excluding carboxylic acids is 1. The van der Waals surface area contributed by atoms with Crippen molar-refractivity contribution in [2.24, 2.45) is 0 Å². The molecule has 1 aromatic carbocycles. The number of aryl methyl sites for hydroxylation is 1. The Morgan fingerprint density at radius 3 is 2.86 bits per heavy atom. The summed E-state index contributed by atoms with van der Waals surface area (Å²) in [4.78, 5) is 15.5. The van der Waals surface area contributed by atoms with Crippen LogP contribution in [0.2, 0.25) is 0 Å². The summed E-state index contributed by atoms with van der Waals surface area (Å²) in [6.45, 7) is 2.59. The first kappa shape index (κ1) is 13.4. The number of pyridine rings is 1. The number of rotatable bonds is 4. The third-order valence-electron chi connectivity index (χ3n) is 3.48. The number of nitrogens with zero attached hydrogens (tertiary/aromatic N) is 2. The Balaban J connectivity index is 2.01. The monoisotopic (exact) mass is 280 g/mol. The molecule has 106 valence electrons. The van der Waals surface area contributed by atoms with Crippen LogP contribution in [-0.2, 0) is 6.54 Å². The first-order chi connectivity index (χ1) is 10.2. The van der Waals surface area contributed by atoms with Gasteiger partial charge in [-0.2, -0.15) is 0 Å². The Morgan fingerprint density at radius 1 is 1.24 bits per heavy atom. The molecule has 0 unspecified atom stereocenters. The lowest BCUT2D eigenvalue weighted by molar-refractivity contribution is 0.112. The molecule has 0 radical (unpaired) electrons. The highest BCUT2D eigenvalue weighted by molar-refractivity contribution is 5.87. The molecular formula is C17H16N2O2. The van der Waals surface area contributed by atoms with Crippen LogP contribution in [0.4, 0.5) is 0 Å². The standard InChI is InChI=1S/C17H16N2O2/c1-12-7-16(21-2)9-15(18-12)10-19-6-5-14-4-3-13(11-20)8-17(14)19/h3-9,11H,10H2,1-2H3. The number of fused-ring (bicyclic) bond motifs is 1. The Bertz CT molecular complexity index is 806. The lowest BCUT2D eigenvalue weighted by Gasteiger charge is -2.08. The van der Waals surface area contributed by atoms with Gasteiger partial charge in [-0.25, -0.2) is 0 Å². The van der Waals surface area contributed by atoms with Gasteiger partial charge in [0.15, 0.2) is 0 Å². The molecule has 3 aromatic rings. The highest BCUT2D eigenvalue weighted by Gasteiger charge is 2.06. The van der Waals surface area contributed by atoms with Gasteiger partial charge in [-0.1, -0.05) is 12.1 Å². The summed E-state index contributed by atoms with van der Waals surface area (Å²) < 4.78 is 7.37. The Hall–Kier alpha value is -2.62. The summed E-state index contributed by atoms with van der Waals surface area (Å²) >= 11 is 0. The van der Waals surface area contributed by atoms with Crippen molar-refractivity contribution in [1.82, 2.24) is 9.55 Å². The van der Waals surface area contributed by atoms with Crippen LogP contribution in [0.3, 0.4) is 0 Å². The molecule has 0 saturated carbocycles. The average Bonchev–Trinajstić information content (AvgIpc) is 2.88. The van der Waals surface area contributed by atoms with Crippen LogP contribution in [0, 0.1) is 6.92 Å². The lowest BCUT2D eigenvalue weighted by Crippen LogP contribution is -2.02. The molecule has 0 spiro atoms. The van der Waals surface area contributed by atoms with Crippen molar-refractivity contribution in [3.8, 4) is 5.75 Å². The van der Waals surface area contributed by atoms with Crippen molar-refractivity contribution in [3.05, 3.63) is 59.5 Å². The molecule has 0 saturated heterocycles. The second-order valence-electron chi connectivity index (χ2n) is 5.02. The van der Waals surface area contributed by atoms with E-state index in [2.05, 4.69) is 9.55 Å². The fourth-order valence-corrected chi connectivity index (χ4v) is 2.49. The summed E-state index contributed by atoms with van der Waals surface area (Å²) in [6.07, 6.45) is 2.88. The summed E-state index contributed by atoms with van der Waals surface area (Å²) in [6, 6.07) is 11.6. The van der Waals surface area contributed by atoms with E-state index in [0.717, 1.165) is 34.3 Å². The third-order valence-corrected chi connectivity index (χ3v) is 3.48.